The number of rotatable bonds is 3. The molecule has 0 radical (unpaired) electrons. The Morgan fingerprint density at radius 2 is 1.89 bits per heavy atom. The van der Waals surface area contributed by atoms with Crippen molar-refractivity contribution in [2.45, 2.75) is 57.8 Å². The Morgan fingerprint density at radius 1 is 1.39 bits per heavy atom. The summed E-state index contributed by atoms with van der Waals surface area (Å²) < 4.78 is 5.11. The van der Waals surface area contributed by atoms with Gasteiger partial charge in [0.2, 0.25) is 0 Å². The number of carbonyl (C=O) groups is 2. The third-order valence-electron chi connectivity index (χ3n) is 3.12. The quantitative estimate of drug-likeness (QED) is 0.706. The first kappa shape index (κ1) is 14.8. The SMILES string of the molecule is CC(O)C1(NC(=O)OC(C)(C)C)CC(C(=O)O)C1. The topological polar surface area (TPSA) is 95.9 Å². The van der Waals surface area contributed by atoms with Crippen LogP contribution in [0.1, 0.15) is 40.5 Å². The number of hydrogen-bond acceptors (Lipinski definition) is 4. The lowest BCUT2D eigenvalue weighted by atomic mass is 9.65. The molecular weight excluding hydrogens is 238 g/mol. The van der Waals surface area contributed by atoms with Crippen LogP contribution in [0.15, 0.2) is 0 Å². The highest BCUT2D eigenvalue weighted by atomic mass is 16.6. The number of carbonyl (C=O) groups excluding carboxylic acids is 1. The summed E-state index contributed by atoms with van der Waals surface area (Å²) in [6.45, 7) is 6.75. The molecule has 0 aliphatic heterocycles. The standard InChI is InChI=1S/C12H21NO5/c1-7(14)12(5-8(6-12)9(15)16)13-10(17)18-11(2,3)4/h7-8,14H,5-6H2,1-4H3,(H,13,17)(H,15,16). The first-order valence-corrected chi connectivity index (χ1v) is 5.98. The van der Waals surface area contributed by atoms with Crippen molar-refractivity contribution in [3.8, 4) is 0 Å². The molecule has 1 aliphatic rings. The van der Waals surface area contributed by atoms with E-state index in [-0.39, 0.29) is 12.8 Å². The minimum atomic E-state index is -0.905. The van der Waals surface area contributed by atoms with Gasteiger partial charge in [-0.3, -0.25) is 4.79 Å². The summed E-state index contributed by atoms with van der Waals surface area (Å²) in [4.78, 5) is 22.4. The number of aliphatic hydroxyl groups excluding tert-OH is 1. The van der Waals surface area contributed by atoms with E-state index >= 15 is 0 Å². The van der Waals surface area contributed by atoms with E-state index < -0.39 is 35.2 Å². The van der Waals surface area contributed by atoms with Crippen LogP contribution < -0.4 is 5.32 Å². The van der Waals surface area contributed by atoms with Crippen molar-refractivity contribution >= 4 is 12.1 Å². The summed E-state index contributed by atoms with van der Waals surface area (Å²) in [5.41, 5.74) is -1.51. The van der Waals surface area contributed by atoms with Crippen LogP contribution in [-0.4, -0.2) is 39.5 Å². The summed E-state index contributed by atoms with van der Waals surface area (Å²) in [6.07, 6.45) is -1.01. The largest absolute Gasteiger partial charge is 0.481 e. The Morgan fingerprint density at radius 3 is 2.22 bits per heavy atom. The second kappa shape index (κ2) is 4.76. The fourth-order valence-electron chi connectivity index (χ4n) is 2.05. The van der Waals surface area contributed by atoms with Crippen LogP contribution in [0.5, 0.6) is 0 Å². The molecule has 0 bridgehead atoms. The summed E-state index contributed by atoms with van der Waals surface area (Å²) in [6, 6.07) is 0. The molecule has 1 aliphatic carbocycles. The molecule has 1 rings (SSSR count). The number of hydrogen-bond donors (Lipinski definition) is 3. The third-order valence-corrected chi connectivity index (χ3v) is 3.12. The van der Waals surface area contributed by atoms with Crippen molar-refractivity contribution in [2.24, 2.45) is 5.92 Å². The average Bonchev–Trinajstić information content (AvgIpc) is 2.05. The van der Waals surface area contributed by atoms with Gasteiger partial charge in [0.15, 0.2) is 0 Å². The van der Waals surface area contributed by atoms with Gasteiger partial charge in [-0.25, -0.2) is 4.79 Å². The maximum atomic E-state index is 11.7. The molecule has 3 N–H and O–H groups in total. The lowest BCUT2D eigenvalue weighted by molar-refractivity contribution is -0.150. The molecule has 0 heterocycles. The van der Waals surface area contributed by atoms with Crippen molar-refractivity contribution in [1.29, 1.82) is 0 Å². The highest BCUT2D eigenvalue weighted by Gasteiger charge is 2.52. The lowest BCUT2D eigenvalue weighted by Crippen LogP contribution is -2.65. The molecule has 1 unspecified atom stereocenters. The van der Waals surface area contributed by atoms with Crippen LogP contribution in [0, 0.1) is 5.92 Å². The van der Waals surface area contributed by atoms with E-state index in [0.717, 1.165) is 0 Å². The fourth-order valence-corrected chi connectivity index (χ4v) is 2.05. The van der Waals surface area contributed by atoms with Crippen molar-refractivity contribution in [1.82, 2.24) is 5.32 Å². The zero-order chi connectivity index (χ0) is 14.1. The monoisotopic (exact) mass is 259 g/mol. The van der Waals surface area contributed by atoms with Crippen LogP contribution >= 0.6 is 0 Å². The van der Waals surface area contributed by atoms with Crippen molar-refractivity contribution in [2.75, 3.05) is 0 Å². The first-order chi connectivity index (χ1) is 8.06. The van der Waals surface area contributed by atoms with Crippen LogP contribution in [0.4, 0.5) is 4.79 Å². The Labute approximate surface area is 106 Å². The normalized spacial score (nSPS) is 29.1. The van der Waals surface area contributed by atoms with Crippen molar-refractivity contribution < 1.29 is 24.5 Å². The minimum absolute atomic E-state index is 0.221. The summed E-state index contributed by atoms with van der Waals surface area (Å²) >= 11 is 0. The first-order valence-electron chi connectivity index (χ1n) is 5.98. The predicted octanol–water partition coefficient (Wildman–Crippen LogP) is 1.13. The van der Waals surface area contributed by atoms with E-state index in [4.69, 9.17) is 9.84 Å². The molecule has 0 aromatic heterocycles. The van der Waals surface area contributed by atoms with E-state index in [9.17, 15) is 14.7 Å². The van der Waals surface area contributed by atoms with E-state index in [1.807, 2.05) is 0 Å². The van der Waals surface area contributed by atoms with E-state index in [0.29, 0.717) is 0 Å². The predicted molar refractivity (Wildman–Crippen MR) is 64.1 cm³/mol. The molecule has 6 heteroatoms. The molecule has 1 atom stereocenters. The van der Waals surface area contributed by atoms with Gasteiger partial charge in [0.25, 0.3) is 0 Å². The van der Waals surface area contributed by atoms with Gasteiger partial charge in [0.1, 0.15) is 5.60 Å². The van der Waals surface area contributed by atoms with Crippen molar-refractivity contribution in [3.63, 3.8) is 0 Å². The number of alkyl carbamates (subject to hydrolysis) is 1. The highest BCUT2D eigenvalue weighted by molar-refractivity contribution is 5.74. The Hall–Kier alpha value is -1.30. The smallest absolute Gasteiger partial charge is 0.408 e. The Bertz CT molecular complexity index is 339. The van der Waals surface area contributed by atoms with E-state index in [2.05, 4.69) is 5.32 Å². The summed E-state index contributed by atoms with van der Waals surface area (Å²) in [5, 5.41) is 21.1. The number of carboxylic acids is 1. The van der Waals surface area contributed by atoms with Crippen LogP contribution in [0.25, 0.3) is 0 Å². The van der Waals surface area contributed by atoms with Crippen LogP contribution in [0.3, 0.4) is 0 Å². The van der Waals surface area contributed by atoms with Gasteiger partial charge < -0.3 is 20.3 Å². The fraction of sp³-hybridized carbons (Fsp3) is 0.833. The number of aliphatic hydroxyl groups is 1. The molecule has 1 saturated carbocycles. The lowest BCUT2D eigenvalue weighted by Gasteiger charge is -2.48. The molecule has 0 aromatic carbocycles. The van der Waals surface area contributed by atoms with Crippen LogP contribution in [-0.2, 0) is 9.53 Å². The van der Waals surface area contributed by atoms with E-state index in [1.165, 1.54) is 6.92 Å². The molecule has 18 heavy (non-hydrogen) atoms. The van der Waals surface area contributed by atoms with Crippen molar-refractivity contribution in [3.05, 3.63) is 0 Å². The zero-order valence-corrected chi connectivity index (χ0v) is 11.2. The number of aliphatic carboxylic acids is 1. The third kappa shape index (κ3) is 3.35. The molecule has 6 nitrogen and oxygen atoms in total. The molecular formula is C12H21NO5. The number of nitrogens with one attached hydrogen (secondary N) is 1. The van der Waals surface area contributed by atoms with Crippen LogP contribution in [0.2, 0.25) is 0 Å². The molecule has 0 saturated heterocycles. The van der Waals surface area contributed by atoms with Gasteiger partial charge in [0.05, 0.1) is 17.6 Å². The molecule has 1 fully saturated rings. The zero-order valence-electron chi connectivity index (χ0n) is 11.2. The van der Waals surface area contributed by atoms with Gasteiger partial charge in [-0.05, 0) is 40.5 Å². The van der Waals surface area contributed by atoms with Gasteiger partial charge >= 0.3 is 12.1 Å². The highest BCUT2D eigenvalue weighted by Crippen LogP contribution is 2.40. The summed E-state index contributed by atoms with van der Waals surface area (Å²) in [7, 11) is 0. The summed E-state index contributed by atoms with van der Waals surface area (Å²) in [5.74, 6) is -1.42. The molecule has 0 aromatic rings. The molecule has 1 amide bonds. The van der Waals surface area contributed by atoms with E-state index in [1.54, 1.807) is 20.8 Å². The molecule has 0 spiro atoms. The Balaban J connectivity index is 2.62. The maximum Gasteiger partial charge on any atom is 0.408 e. The second-order valence-electron chi connectivity index (χ2n) is 5.90. The number of carboxylic acid groups (broad SMARTS) is 1. The Kier molecular flexibility index (Phi) is 3.90. The number of amides is 1. The van der Waals surface area contributed by atoms with Gasteiger partial charge in [0, 0.05) is 0 Å². The minimum Gasteiger partial charge on any atom is -0.481 e. The van der Waals surface area contributed by atoms with Gasteiger partial charge in [-0.1, -0.05) is 0 Å². The number of ether oxygens (including phenoxy) is 1. The average molecular weight is 259 g/mol. The van der Waals surface area contributed by atoms with Gasteiger partial charge in [-0.15, -0.1) is 0 Å². The van der Waals surface area contributed by atoms with Gasteiger partial charge in [-0.2, -0.15) is 0 Å². The second-order valence-corrected chi connectivity index (χ2v) is 5.90. The maximum absolute atomic E-state index is 11.7. The molecule has 104 valence electrons.